The van der Waals surface area contributed by atoms with Crippen LogP contribution in [0.15, 0.2) is 42.5 Å². The highest BCUT2D eigenvalue weighted by atomic mass is 32.1. The number of rotatable bonds is 5. The summed E-state index contributed by atoms with van der Waals surface area (Å²) >= 11 is 1.51. The number of ether oxygens (including phenoxy) is 2. The van der Waals surface area contributed by atoms with Crippen molar-refractivity contribution in [1.82, 2.24) is 10.3 Å². The van der Waals surface area contributed by atoms with Crippen LogP contribution in [0.25, 0.3) is 10.6 Å². The van der Waals surface area contributed by atoms with E-state index in [1.165, 1.54) is 23.5 Å². The molecule has 1 aromatic heterocycles. The van der Waals surface area contributed by atoms with Crippen LogP contribution in [-0.4, -0.2) is 24.1 Å². The summed E-state index contributed by atoms with van der Waals surface area (Å²) in [5.41, 5.74) is 2.59. The summed E-state index contributed by atoms with van der Waals surface area (Å²) in [5, 5.41) is 3.90. The Labute approximate surface area is 178 Å². The fraction of sp³-hybridized carbons (Fsp3) is 0.304. The summed E-state index contributed by atoms with van der Waals surface area (Å²) in [6.45, 7) is 6.79. The van der Waals surface area contributed by atoms with Gasteiger partial charge in [-0.3, -0.25) is 4.79 Å². The van der Waals surface area contributed by atoms with Gasteiger partial charge in [0.2, 0.25) is 5.91 Å². The van der Waals surface area contributed by atoms with Crippen molar-refractivity contribution >= 4 is 17.2 Å². The molecule has 2 aromatic carbocycles. The van der Waals surface area contributed by atoms with E-state index in [0.717, 1.165) is 26.7 Å². The number of aromatic nitrogens is 1. The van der Waals surface area contributed by atoms with E-state index in [1.807, 2.05) is 39.0 Å². The van der Waals surface area contributed by atoms with Gasteiger partial charge in [0.25, 0.3) is 0 Å². The van der Waals surface area contributed by atoms with E-state index in [-0.39, 0.29) is 23.7 Å². The van der Waals surface area contributed by atoms with Gasteiger partial charge in [0.15, 0.2) is 11.5 Å². The topological polar surface area (TPSA) is 60.5 Å². The Bertz CT molecular complexity index is 1060. The molecule has 1 amide bonds. The summed E-state index contributed by atoms with van der Waals surface area (Å²) in [7, 11) is 0. The van der Waals surface area contributed by atoms with Crippen LogP contribution >= 0.6 is 11.3 Å². The first-order valence-electron chi connectivity index (χ1n) is 9.85. The number of aryl methyl sites for hydroxylation is 1. The minimum Gasteiger partial charge on any atom is -0.486 e. The van der Waals surface area contributed by atoms with E-state index >= 15 is 0 Å². The zero-order chi connectivity index (χ0) is 21.3. The van der Waals surface area contributed by atoms with Gasteiger partial charge >= 0.3 is 0 Å². The van der Waals surface area contributed by atoms with Gasteiger partial charge in [-0.05, 0) is 62.7 Å². The molecule has 7 heteroatoms. The molecule has 0 fully saturated rings. The number of nitrogens with zero attached hydrogens (tertiary/aromatic N) is 1. The van der Waals surface area contributed by atoms with Crippen molar-refractivity contribution < 1.29 is 18.7 Å². The lowest BCUT2D eigenvalue weighted by Gasteiger charge is -2.21. The number of hydrogen-bond donors (Lipinski definition) is 1. The van der Waals surface area contributed by atoms with Crippen LogP contribution in [0.2, 0.25) is 0 Å². The molecular formula is C23H23FN2O3S. The van der Waals surface area contributed by atoms with Crippen molar-refractivity contribution in [3.63, 3.8) is 0 Å². The Hall–Kier alpha value is -2.93. The lowest BCUT2D eigenvalue weighted by atomic mass is 9.99. The summed E-state index contributed by atoms with van der Waals surface area (Å²) in [5.74, 6) is 0.692. The van der Waals surface area contributed by atoms with E-state index in [2.05, 4.69) is 10.3 Å². The van der Waals surface area contributed by atoms with Crippen LogP contribution in [0.5, 0.6) is 11.5 Å². The third kappa shape index (κ3) is 4.16. The molecule has 0 radical (unpaired) electrons. The fourth-order valence-corrected chi connectivity index (χ4v) is 4.48. The van der Waals surface area contributed by atoms with Crippen molar-refractivity contribution in [2.45, 2.75) is 32.7 Å². The van der Waals surface area contributed by atoms with E-state index < -0.39 is 0 Å². The Morgan fingerprint density at radius 3 is 2.53 bits per heavy atom. The van der Waals surface area contributed by atoms with Crippen LogP contribution in [0.3, 0.4) is 0 Å². The standard InChI is InChI=1S/C23H23FN2O3S/c1-13(17-6-9-19-20(12-17)29-11-10-28-19)22(27)25-14(2)21-15(3)26-23(30-21)16-4-7-18(24)8-5-16/h4-9,12-14H,10-11H2,1-3H3,(H,25,27). The van der Waals surface area contributed by atoms with E-state index in [1.54, 1.807) is 12.1 Å². The highest BCUT2D eigenvalue weighted by molar-refractivity contribution is 7.15. The van der Waals surface area contributed by atoms with Gasteiger partial charge in [0, 0.05) is 5.56 Å². The van der Waals surface area contributed by atoms with Gasteiger partial charge < -0.3 is 14.8 Å². The lowest BCUT2D eigenvalue weighted by molar-refractivity contribution is -0.122. The number of nitrogens with one attached hydrogen (secondary N) is 1. The summed E-state index contributed by atoms with van der Waals surface area (Å²) in [4.78, 5) is 18.5. The normalized spacial score (nSPS) is 14.8. The molecule has 30 heavy (non-hydrogen) atoms. The molecule has 2 unspecified atom stereocenters. The maximum Gasteiger partial charge on any atom is 0.227 e. The molecule has 4 rings (SSSR count). The lowest BCUT2D eigenvalue weighted by Crippen LogP contribution is -2.30. The summed E-state index contributed by atoms with van der Waals surface area (Å²) in [6, 6.07) is 11.7. The Morgan fingerprint density at radius 1 is 1.10 bits per heavy atom. The first-order valence-corrected chi connectivity index (χ1v) is 10.7. The Balaban J connectivity index is 1.47. The van der Waals surface area contributed by atoms with Crippen molar-refractivity contribution in [2.75, 3.05) is 13.2 Å². The molecular weight excluding hydrogens is 403 g/mol. The van der Waals surface area contributed by atoms with Crippen molar-refractivity contribution in [3.05, 3.63) is 64.4 Å². The molecule has 0 saturated heterocycles. The second kappa shape index (κ2) is 8.44. The van der Waals surface area contributed by atoms with E-state index in [9.17, 15) is 9.18 Å². The van der Waals surface area contributed by atoms with Crippen molar-refractivity contribution in [1.29, 1.82) is 0 Å². The molecule has 0 saturated carbocycles. The van der Waals surface area contributed by atoms with Crippen LogP contribution < -0.4 is 14.8 Å². The van der Waals surface area contributed by atoms with Crippen LogP contribution in [0, 0.1) is 12.7 Å². The second-order valence-corrected chi connectivity index (χ2v) is 8.36. The van der Waals surface area contributed by atoms with Crippen LogP contribution in [-0.2, 0) is 4.79 Å². The second-order valence-electron chi connectivity index (χ2n) is 7.33. The predicted molar refractivity (Wildman–Crippen MR) is 115 cm³/mol. The Kier molecular flexibility index (Phi) is 5.72. The summed E-state index contributed by atoms with van der Waals surface area (Å²) < 4.78 is 24.4. The largest absolute Gasteiger partial charge is 0.486 e. The fourth-order valence-electron chi connectivity index (χ4n) is 3.41. The van der Waals surface area contributed by atoms with Crippen LogP contribution in [0.4, 0.5) is 4.39 Å². The number of carbonyl (C=O) groups excluding carboxylic acids is 1. The molecule has 3 aromatic rings. The average Bonchev–Trinajstić information content (AvgIpc) is 3.15. The third-order valence-corrected chi connectivity index (χ3v) is 6.52. The molecule has 1 N–H and O–H groups in total. The smallest absolute Gasteiger partial charge is 0.227 e. The molecule has 2 heterocycles. The first kappa shape index (κ1) is 20.3. The maximum atomic E-state index is 13.2. The van der Waals surface area contributed by atoms with Crippen molar-refractivity contribution in [3.8, 4) is 22.1 Å². The van der Waals surface area contributed by atoms with E-state index in [0.29, 0.717) is 24.7 Å². The minimum absolute atomic E-state index is 0.0738. The van der Waals surface area contributed by atoms with Gasteiger partial charge in [-0.25, -0.2) is 9.37 Å². The van der Waals surface area contributed by atoms with Gasteiger partial charge in [0.05, 0.1) is 22.5 Å². The zero-order valence-corrected chi connectivity index (χ0v) is 17.9. The molecule has 2 atom stereocenters. The van der Waals surface area contributed by atoms with Gasteiger partial charge in [0.1, 0.15) is 24.0 Å². The maximum absolute atomic E-state index is 13.2. The van der Waals surface area contributed by atoms with Crippen LogP contribution in [0.1, 0.15) is 41.9 Å². The monoisotopic (exact) mass is 426 g/mol. The number of thiazole rings is 1. The van der Waals surface area contributed by atoms with Gasteiger partial charge in [-0.15, -0.1) is 11.3 Å². The van der Waals surface area contributed by atoms with Gasteiger partial charge in [-0.1, -0.05) is 6.07 Å². The minimum atomic E-state index is -0.340. The number of hydrogen-bond acceptors (Lipinski definition) is 5. The summed E-state index contributed by atoms with van der Waals surface area (Å²) in [6.07, 6.45) is 0. The predicted octanol–water partition coefficient (Wildman–Crippen LogP) is 5.01. The molecule has 1 aliphatic rings. The molecule has 0 spiro atoms. The number of benzene rings is 2. The third-order valence-electron chi connectivity index (χ3n) is 5.14. The molecule has 0 aliphatic carbocycles. The number of amides is 1. The van der Waals surface area contributed by atoms with E-state index in [4.69, 9.17) is 9.47 Å². The number of halogens is 1. The number of fused-ring (bicyclic) bond motifs is 1. The highest BCUT2D eigenvalue weighted by Crippen LogP contribution is 2.34. The molecule has 1 aliphatic heterocycles. The zero-order valence-electron chi connectivity index (χ0n) is 17.1. The number of carbonyl (C=O) groups is 1. The SMILES string of the molecule is Cc1nc(-c2ccc(F)cc2)sc1C(C)NC(=O)C(C)c1ccc2c(c1)OCCO2. The quantitative estimate of drug-likeness (QED) is 0.623. The molecule has 156 valence electrons. The van der Waals surface area contributed by atoms with Crippen molar-refractivity contribution in [2.24, 2.45) is 0 Å². The Morgan fingerprint density at radius 2 is 1.80 bits per heavy atom. The molecule has 0 bridgehead atoms. The highest BCUT2D eigenvalue weighted by Gasteiger charge is 2.23. The van der Waals surface area contributed by atoms with Gasteiger partial charge in [-0.2, -0.15) is 0 Å². The first-order chi connectivity index (χ1) is 14.4. The molecule has 5 nitrogen and oxygen atoms in total. The average molecular weight is 427 g/mol.